The first-order valence-corrected chi connectivity index (χ1v) is 19.4. The lowest BCUT2D eigenvalue weighted by molar-refractivity contribution is -0.936. The van der Waals surface area contributed by atoms with Gasteiger partial charge in [-0.05, 0) is 105 Å². The van der Waals surface area contributed by atoms with E-state index in [-0.39, 0.29) is 5.41 Å². The number of aliphatic hydroxyl groups is 1. The lowest BCUT2D eigenvalue weighted by atomic mass is 9.47. The van der Waals surface area contributed by atoms with Gasteiger partial charge in [-0.25, -0.2) is 0 Å². The third-order valence-corrected chi connectivity index (χ3v) is 14.9. The highest BCUT2D eigenvalue weighted by Crippen LogP contribution is 2.66. The summed E-state index contributed by atoms with van der Waals surface area (Å²) >= 11 is 0. The first kappa shape index (κ1) is 35.5. The largest absolute Gasteiger partial charge is 0.493 e. The first-order chi connectivity index (χ1) is 23.1. The Morgan fingerprint density at radius 2 is 1.77 bits per heavy atom. The molecular weight excluding hydrogens is 592 g/mol. The van der Waals surface area contributed by atoms with E-state index in [2.05, 4.69) is 71.2 Å². The normalized spacial score (nSPS) is 34.9. The lowest BCUT2D eigenvalue weighted by Gasteiger charge is -2.58. The van der Waals surface area contributed by atoms with Crippen LogP contribution in [0.3, 0.4) is 0 Å². The minimum absolute atomic E-state index is 0.0530. The highest BCUT2D eigenvalue weighted by Gasteiger charge is 2.60. The molecule has 0 bridgehead atoms. The highest BCUT2D eigenvalue weighted by atomic mass is 16.5. The average molecular weight is 659 g/mol. The summed E-state index contributed by atoms with van der Waals surface area (Å²) in [5, 5.41) is 11.9. The Balaban J connectivity index is 1.17. The predicted molar refractivity (Wildman–Crippen MR) is 199 cm³/mol. The van der Waals surface area contributed by atoms with E-state index >= 15 is 0 Å². The lowest BCUT2D eigenvalue weighted by Crippen LogP contribution is -2.58. The van der Waals surface area contributed by atoms with Crippen molar-refractivity contribution in [2.24, 2.45) is 28.6 Å². The molecule has 1 aromatic rings. The topological polar surface area (TPSA) is 38.7 Å². The maximum atomic E-state index is 11.9. The summed E-state index contributed by atoms with van der Waals surface area (Å²) in [4.78, 5) is 0. The van der Waals surface area contributed by atoms with Crippen molar-refractivity contribution in [3.63, 3.8) is 0 Å². The van der Waals surface area contributed by atoms with Crippen LogP contribution >= 0.6 is 0 Å². The number of quaternary nitrogens is 2. The van der Waals surface area contributed by atoms with E-state index in [0.29, 0.717) is 23.9 Å². The van der Waals surface area contributed by atoms with Gasteiger partial charge in [-0.2, -0.15) is 0 Å². The average Bonchev–Trinajstić information content (AvgIpc) is 3.67. The number of fused-ring (bicyclic) bond motifs is 5. The van der Waals surface area contributed by atoms with Crippen LogP contribution in [0.2, 0.25) is 0 Å². The summed E-state index contributed by atoms with van der Waals surface area (Å²) in [6, 6.07) is 7.04. The molecule has 7 atom stereocenters. The molecule has 5 nitrogen and oxygen atoms in total. The number of likely N-dealkylation sites (N-methyl/N-ethyl adjacent to an activating group) is 1. The van der Waals surface area contributed by atoms with Gasteiger partial charge in [0.15, 0.2) is 11.5 Å². The smallest absolute Gasteiger partial charge is 0.161 e. The van der Waals surface area contributed by atoms with Crippen molar-refractivity contribution in [3.8, 4) is 11.5 Å². The minimum atomic E-state index is -0.392. The molecule has 48 heavy (non-hydrogen) atoms. The number of methoxy groups -OCH3 is 1. The number of likely N-dealkylation sites (tertiary alicyclic amines) is 1. The second-order valence-corrected chi connectivity index (χ2v) is 16.8. The van der Waals surface area contributed by atoms with Crippen molar-refractivity contribution in [1.29, 1.82) is 0 Å². The highest BCUT2D eigenvalue weighted by molar-refractivity contribution is 5.60. The molecule has 4 fully saturated rings. The van der Waals surface area contributed by atoms with Gasteiger partial charge in [-0.15, -0.1) is 0 Å². The molecule has 5 heteroatoms. The zero-order valence-corrected chi connectivity index (χ0v) is 31.0. The molecule has 5 aliphatic rings. The van der Waals surface area contributed by atoms with Gasteiger partial charge in [-0.3, -0.25) is 0 Å². The fourth-order valence-corrected chi connectivity index (χ4v) is 11.6. The van der Waals surface area contributed by atoms with Crippen molar-refractivity contribution in [3.05, 3.63) is 66.3 Å². The number of aliphatic hydroxyl groups excluding tert-OH is 1. The van der Waals surface area contributed by atoms with E-state index < -0.39 is 6.10 Å². The van der Waals surface area contributed by atoms with Crippen LogP contribution in [0.15, 0.2) is 60.7 Å². The van der Waals surface area contributed by atoms with Crippen LogP contribution in [0.25, 0.3) is 6.08 Å². The Labute approximate surface area is 292 Å². The summed E-state index contributed by atoms with van der Waals surface area (Å²) in [7, 11) is 1.72. The number of hydrogen-bond donors (Lipinski definition) is 1. The second-order valence-electron chi connectivity index (χ2n) is 16.8. The monoisotopic (exact) mass is 659 g/mol. The maximum Gasteiger partial charge on any atom is 0.161 e. The number of hydrogen-bond acceptors (Lipinski definition) is 3. The molecule has 1 heterocycles. The molecular formula is C43H66N2O3+2. The Bertz CT molecular complexity index is 1390. The molecule has 0 unspecified atom stereocenters. The van der Waals surface area contributed by atoms with Crippen molar-refractivity contribution in [1.82, 2.24) is 0 Å². The first-order valence-electron chi connectivity index (χ1n) is 19.4. The molecule has 0 spiro atoms. The zero-order chi connectivity index (χ0) is 34.2. The van der Waals surface area contributed by atoms with Gasteiger partial charge < -0.3 is 23.5 Å². The summed E-state index contributed by atoms with van der Waals surface area (Å²) in [5.74, 6) is 3.46. The van der Waals surface area contributed by atoms with Crippen LogP contribution in [0.1, 0.15) is 91.0 Å². The summed E-state index contributed by atoms with van der Waals surface area (Å²) in [5.41, 5.74) is 4.32. The fraction of sp³-hybridized carbons (Fsp3) is 0.674. The van der Waals surface area contributed by atoms with Crippen molar-refractivity contribution < 1.29 is 23.5 Å². The van der Waals surface area contributed by atoms with Crippen LogP contribution in [-0.2, 0) is 0 Å². The van der Waals surface area contributed by atoms with Gasteiger partial charge in [-0.1, -0.05) is 50.8 Å². The quantitative estimate of drug-likeness (QED) is 0.170. The third kappa shape index (κ3) is 6.15. The molecule has 6 rings (SSSR count). The number of nitrogens with zero attached hydrogens (tertiary/aromatic N) is 2. The van der Waals surface area contributed by atoms with Gasteiger partial charge >= 0.3 is 0 Å². The van der Waals surface area contributed by atoms with E-state index in [9.17, 15) is 5.11 Å². The van der Waals surface area contributed by atoms with E-state index in [1.54, 1.807) is 12.7 Å². The van der Waals surface area contributed by atoms with E-state index in [1.165, 1.54) is 68.1 Å². The molecule has 264 valence electrons. The Hall–Kier alpha value is -2.34. The van der Waals surface area contributed by atoms with Crippen molar-refractivity contribution in [2.75, 3.05) is 59.5 Å². The number of ether oxygens (including phenoxy) is 2. The number of rotatable bonds is 13. The van der Waals surface area contributed by atoms with Crippen molar-refractivity contribution >= 4 is 6.08 Å². The number of benzene rings is 1. The molecule has 3 saturated carbocycles. The SMILES string of the molecule is C=CC[N+](CC)(CC)CCOc1ccc(/C=C2\C[C@H]3[C@@H]4CC=C5C[C@@H]([N+]6(CC=C)CCCC6)CC[C@]5(C)[C@H]4CC[C@]3(C)[C@H]2O)cc1OC. The minimum Gasteiger partial charge on any atom is -0.493 e. The summed E-state index contributed by atoms with van der Waals surface area (Å²) < 4.78 is 14.4. The number of allylic oxidation sites excluding steroid dienone is 1. The fourth-order valence-electron chi connectivity index (χ4n) is 11.6. The zero-order valence-electron chi connectivity index (χ0n) is 31.0. The van der Waals surface area contributed by atoms with Crippen molar-refractivity contribution in [2.45, 2.75) is 97.6 Å². The molecule has 1 N–H and O–H groups in total. The molecule has 1 aliphatic heterocycles. The van der Waals surface area contributed by atoms with Gasteiger partial charge in [0.25, 0.3) is 0 Å². The van der Waals surface area contributed by atoms with Gasteiger partial charge in [0, 0.05) is 31.1 Å². The standard InChI is InChI=1S/C43H66N2O3/c1-8-22-44(10-3,11-4)26-27-48-39-17-14-32(29-40(39)47-7)28-33-30-38-36-16-15-34-31-35(45(23-9-2)24-12-13-25-45)18-20-42(34,5)37(36)19-21-43(38,6)41(33)46/h8-9,14-15,17,28-29,35-38,41,46H,1-2,10-13,16,18-27,30-31H2,3-7H3/q+2/b33-28+/t35-,36+,37-,38-,41-,42-,43-/m0/s1. The molecule has 0 radical (unpaired) electrons. The van der Waals surface area contributed by atoms with Gasteiger partial charge in [0.2, 0.25) is 0 Å². The Morgan fingerprint density at radius 3 is 2.46 bits per heavy atom. The van der Waals surface area contributed by atoms with Crippen LogP contribution in [0.5, 0.6) is 11.5 Å². The molecule has 1 saturated heterocycles. The molecule has 4 aliphatic carbocycles. The Morgan fingerprint density at radius 1 is 1.00 bits per heavy atom. The second kappa shape index (κ2) is 14.1. The van der Waals surface area contributed by atoms with Crippen LogP contribution in [0, 0.1) is 28.6 Å². The molecule has 1 aromatic carbocycles. The van der Waals surface area contributed by atoms with E-state index in [4.69, 9.17) is 9.47 Å². The van der Waals surface area contributed by atoms with Crippen LogP contribution in [0.4, 0.5) is 0 Å². The summed E-state index contributed by atoms with van der Waals surface area (Å²) in [6.45, 7) is 26.1. The van der Waals surface area contributed by atoms with E-state index in [1.807, 2.05) is 12.1 Å². The third-order valence-electron chi connectivity index (χ3n) is 14.9. The Kier molecular flexibility index (Phi) is 10.4. The summed E-state index contributed by atoms with van der Waals surface area (Å²) in [6.07, 6.45) is 20.1. The van der Waals surface area contributed by atoms with E-state index in [0.717, 1.165) is 79.1 Å². The predicted octanol–water partition coefficient (Wildman–Crippen LogP) is 8.60. The van der Waals surface area contributed by atoms with Gasteiger partial charge in [0.05, 0.1) is 58.5 Å². The maximum absolute atomic E-state index is 11.9. The van der Waals surface area contributed by atoms with Crippen LogP contribution in [-0.4, -0.2) is 85.7 Å². The van der Waals surface area contributed by atoms with Gasteiger partial charge in [0.1, 0.15) is 13.2 Å². The molecule has 0 amide bonds. The van der Waals surface area contributed by atoms with Crippen LogP contribution < -0.4 is 9.47 Å². The molecule has 0 aromatic heterocycles.